The molecule has 2 N–H and O–H groups in total. The van der Waals surface area contributed by atoms with Crippen LogP contribution in [0.15, 0.2) is 10.8 Å². The molecule has 0 aliphatic heterocycles. The summed E-state index contributed by atoms with van der Waals surface area (Å²) in [6.07, 6.45) is 3.72. The third kappa shape index (κ3) is 2.02. The minimum atomic E-state index is -0.216. The molecule has 5 nitrogen and oxygen atoms in total. The van der Waals surface area contributed by atoms with Crippen molar-refractivity contribution in [1.82, 2.24) is 10.3 Å². The number of hydrogen-bond donors (Lipinski definition) is 2. The third-order valence-electron chi connectivity index (χ3n) is 2.78. The number of nitrogens with zero attached hydrogens (tertiary/aromatic N) is 1. The SMILES string of the molecule is Cc1ocnc1C(=O)NC1(CCO)CC1. The van der Waals surface area contributed by atoms with Crippen molar-refractivity contribution >= 4 is 5.91 Å². The van der Waals surface area contributed by atoms with Crippen molar-refractivity contribution in [2.24, 2.45) is 0 Å². The Morgan fingerprint density at radius 2 is 2.47 bits per heavy atom. The van der Waals surface area contributed by atoms with Gasteiger partial charge in [0, 0.05) is 12.1 Å². The number of carbonyl (C=O) groups excluding carboxylic acids is 1. The van der Waals surface area contributed by atoms with Gasteiger partial charge in [0.05, 0.1) is 0 Å². The second-order valence-corrected chi connectivity index (χ2v) is 3.97. The van der Waals surface area contributed by atoms with Crippen LogP contribution in [0.5, 0.6) is 0 Å². The lowest BCUT2D eigenvalue weighted by Gasteiger charge is -2.14. The molecule has 1 aromatic rings. The maximum Gasteiger partial charge on any atom is 0.273 e. The van der Waals surface area contributed by atoms with Gasteiger partial charge in [0.1, 0.15) is 5.76 Å². The lowest BCUT2D eigenvalue weighted by molar-refractivity contribution is 0.0917. The molecule has 1 saturated carbocycles. The Morgan fingerprint density at radius 1 is 1.73 bits per heavy atom. The summed E-state index contributed by atoms with van der Waals surface area (Å²) < 4.78 is 4.96. The quantitative estimate of drug-likeness (QED) is 0.764. The van der Waals surface area contributed by atoms with Crippen molar-refractivity contribution in [2.45, 2.75) is 31.7 Å². The van der Waals surface area contributed by atoms with Gasteiger partial charge in [-0.15, -0.1) is 0 Å². The van der Waals surface area contributed by atoms with E-state index in [2.05, 4.69) is 10.3 Å². The topological polar surface area (TPSA) is 75.4 Å². The largest absolute Gasteiger partial charge is 0.448 e. The Bertz CT molecular complexity index is 368. The lowest BCUT2D eigenvalue weighted by atomic mass is 10.2. The number of nitrogens with one attached hydrogen (secondary N) is 1. The summed E-state index contributed by atoms with van der Waals surface area (Å²) in [5, 5.41) is 11.7. The Balaban J connectivity index is 2.02. The van der Waals surface area contributed by atoms with Gasteiger partial charge >= 0.3 is 0 Å². The van der Waals surface area contributed by atoms with E-state index in [4.69, 9.17) is 9.52 Å². The Kier molecular flexibility index (Phi) is 2.48. The van der Waals surface area contributed by atoms with Crippen molar-refractivity contribution in [3.05, 3.63) is 17.8 Å². The average Bonchev–Trinajstić information content (AvgIpc) is 2.78. The number of amides is 1. The summed E-state index contributed by atoms with van der Waals surface area (Å²) in [5.74, 6) is 0.305. The molecular formula is C10H14N2O3. The molecule has 0 saturated heterocycles. The van der Waals surface area contributed by atoms with Crippen LogP contribution in [-0.2, 0) is 0 Å². The summed E-state index contributed by atoms with van der Waals surface area (Å²) in [6, 6.07) is 0. The second kappa shape index (κ2) is 3.66. The first-order valence-corrected chi connectivity index (χ1v) is 5.00. The van der Waals surface area contributed by atoms with Gasteiger partial charge in [-0.3, -0.25) is 4.79 Å². The van der Waals surface area contributed by atoms with Crippen molar-refractivity contribution in [3.8, 4) is 0 Å². The molecule has 5 heteroatoms. The predicted octanol–water partition coefficient (Wildman–Crippen LogP) is 0.628. The molecule has 0 radical (unpaired) electrons. The van der Waals surface area contributed by atoms with Crippen molar-refractivity contribution in [1.29, 1.82) is 0 Å². The summed E-state index contributed by atoms with van der Waals surface area (Å²) in [6.45, 7) is 1.80. The molecule has 1 heterocycles. The molecule has 1 aliphatic rings. The van der Waals surface area contributed by atoms with Gasteiger partial charge in [-0.1, -0.05) is 0 Å². The van der Waals surface area contributed by atoms with Crippen LogP contribution in [0.4, 0.5) is 0 Å². The van der Waals surface area contributed by atoms with Gasteiger partial charge in [0.2, 0.25) is 0 Å². The van der Waals surface area contributed by atoms with E-state index >= 15 is 0 Å². The first kappa shape index (κ1) is 10.2. The zero-order valence-electron chi connectivity index (χ0n) is 8.62. The highest BCUT2D eigenvalue weighted by molar-refractivity contribution is 5.93. The Labute approximate surface area is 87.5 Å². The van der Waals surface area contributed by atoms with E-state index < -0.39 is 0 Å². The normalized spacial score (nSPS) is 17.5. The van der Waals surface area contributed by atoms with E-state index in [1.54, 1.807) is 6.92 Å². The fourth-order valence-electron chi connectivity index (χ4n) is 1.63. The molecule has 0 atom stereocenters. The number of aliphatic hydroxyl groups excluding tert-OH is 1. The van der Waals surface area contributed by atoms with Gasteiger partial charge in [0.15, 0.2) is 12.1 Å². The van der Waals surface area contributed by atoms with Crippen LogP contribution in [-0.4, -0.2) is 28.1 Å². The molecule has 1 fully saturated rings. The number of aryl methyl sites for hydroxylation is 1. The van der Waals surface area contributed by atoms with Gasteiger partial charge in [-0.05, 0) is 26.2 Å². The Hall–Kier alpha value is -1.36. The van der Waals surface area contributed by atoms with Gasteiger partial charge < -0.3 is 14.8 Å². The number of aliphatic hydroxyl groups is 1. The first-order valence-electron chi connectivity index (χ1n) is 5.00. The highest BCUT2D eigenvalue weighted by Gasteiger charge is 2.43. The maximum atomic E-state index is 11.7. The molecule has 82 valence electrons. The average molecular weight is 210 g/mol. The third-order valence-corrected chi connectivity index (χ3v) is 2.78. The summed E-state index contributed by atoms with van der Waals surface area (Å²) >= 11 is 0. The molecule has 2 rings (SSSR count). The van der Waals surface area contributed by atoms with Crippen LogP contribution in [0.3, 0.4) is 0 Å². The van der Waals surface area contributed by atoms with Crippen molar-refractivity contribution < 1.29 is 14.3 Å². The fourth-order valence-corrected chi connectivity index (χ4v) is 1.63. The van der Waals surface area contributed by atoms with Gasteiger partial charge in [-0.2, -0.15) is 0 Å². The maximum absolute atomic E-state index is 11.7. The zero-order valence-corrected chi connectivity index (χ0v) is 8.62. The minimum absolute atomic E-state index is 0.0953. The smallest absolute Gasteiger partial charge is 0.273 e. The van der Waals surface area contributed by atoms with Gasteiger partial charge in [0.25, 0.3) is 5.91 Å². The molecule has 15 heavy (non-hydrogen) atoms. The van der Waals surface area contributed by atoms with Crippen LogP contribution < -0.4 is 5.32 Å². The van der Waals surface area contributed by atoms with Crippen molar-refractivity contribution in [2.75, 3.05) is 6.61 Å². The van der Waals surface area contributed by atoms with E-state index in [0.717, 1.165) is 12.8 Å². The summed E-state index contributed by atoms with van der Waals surface area (Å²) in [7, 11) is 0. The lowest BCUT2D eigenvalue weighted by Crippen LogP contribution is -2.38. The summed E-state index contributed by atoms with van der Waals surface area (Å²) in [4.78, 5) is 15.6. The van der Waals surface area contributed by atoms with E-state index in [0.29, 0.717) is 17.9 Å². The van der Waals surface area contributed by atoms with Crippen LogP contribution in [0.25, 0.3) is 0 Å². The molecule has 1 aromatic heterocycles. The second-order valence-electron chi connectivity index (χ2n) is 3.97. The fraction of sp³-hybridized carbons (Fsp3) is 0.600. The van der Waals surface area contributed by atoms with Crippen LogP contribution in [0.2, 0.25) is 0 Å². The van der Waals surface area contributed by atoms with Crippen LogP contribution in [0, 0.1) is 6.92 Å². The monoisotopic (exact) mass is 210 g/mol. The van der Waals surface area contributed by atoms with E-state index in [-0.39, 0.29) is 18.1 Å². The molecule has 0 unspecified atom stereocenters. The highest BCUT2D eigenvalue weighted by Crippen LogP contribution is 2.38. The molecular weight excluding hydrogens is 196 g/mol. The first-order chi connectivity index (χ1) is 7.17. The zero-order chi connectivity index (χ0) is 10.9. The van der Waals surface area contributed by atoms with E-state index in [9.17, 15) is 4.79 Å². The Morgan fingerprint density at radius 3 is 2.93 bits per heavy atom. The number of carbonyl (C=O) groups is 1. The molecule has 1 aliphatic carbocycles. The molecule has 1 amide bonds. The highest BCUT2D eigenvalue weighted by atomic mass is 16.3. The number of rotatable bonds is 4. The number of aromatic nitrogens is 1. The molecule has 0 aromatic carbocycles. The predicted molar refractivity (Wildman–Crippen MR) is 52.4 cm³/mol. The van der Waals surface area contributed by atoms with Crippen molar-refractivity contribution in [3.63, 3.8) is 0 Å². The molecule has 0 bridgehead atoms. The van der Waals surface area contributed by atoms with E-state index in [1.807, 2.05) is 0 Å². The van der Waals surface area contributed by atoms with E-state index in [1.165, 1.54) is 6.39 Å². The minimum Gasteiger partial charge on any atom is -0.448 e. The van der Waals surface area contributed by atoms with Crippen LogP contribution >= 0.6 is 0 Å². The van der Waals surface area contributed by atoms with Gasteiger partial charge in [-0.25, -0.2) is 4.98 Å². The van der Waals surface area contributed by atoms with Crippen LogP contribution in [0.1, 0.15) is 35.5 Å². The number of hydrogen-bond acceptors (Lipinski definition) is 4. The summed E-state index contributed by atoms with van der Waals surface area (Å²) in [5.41, 5.74) is 0.135. The molecule has 0 spiro atoms. The number of oxazole rings is 1. The standard InChI is InChI=1S/C10H14N2O3/c1-7-8(11-6-15-7)9(14)12-10(2-3-10)4-5-13/h6,13H,2-5H2,1H3,(H,12,14).